The van der Waals surface area contributed by atoms with E-state index in [1.807, 2.05) is 48.5 Å². The van der Waals surface area contributed by atoms with Crippen molar-refractivity contribution in [1.82, 2.24) is 5.43 Å². The van der Waals surface area contributed by atoms with Gasteiger partial charge in [0.25, 0.3) is 5.91 Å². The van der Waals surface area contributed by atoms with Crippen molar-refractivity contribution in [3.05, 3.63) is 63.2 Å². The lowest BCUT2D eigenvalue weighted by atomic mass is 10.2. The highest BCUT2D eigenvalue weighted by Gasteiger charge is 2.12. The van der Waals surface area contributed by atoms with E-state index in [1.54, 1.807) is 6.21 Å². The molecule has 2 aromatic carbocycles. The molecule has 0 spiro atoms. The van der Waals surface area contributed by atoms with Gasteiger partial charge in [0.2, 0.25) is 0 Å². The molecular weight excluding hydrogens is 401 g/mol. The molecule has 1 saturated heterocycles. The lowest BCUT2D eigenvalue weighted by Gasteiger charge is -2.17. The van der Waals surface area contributed by atoms with Crippen LogP contribution in [0.25, 0.3) is 0 Å². The second-order valence-electron chi connectivity index (χ2n) is 5.49. The van der Waals surface area contributed by atoms with Gasteiger partial charge in [0, 0.05) is 27.9 Å². The van der Waals surface area contributed by atoms with Gasteiger partial charge >= 0.3 is 0 Å². The van der Waals surface area contributed by atoms with Crippen molar-refractivity contribution in [3.63, 3.8) is 0 Å². The van der Waals surface area contributed by atoms with E-state index in [0.717, 1.165) is 18.7 Å². The summed E-state index contributed by atoms with van der Waals surface area (Å²) >= 11 is 2.25. The van der Waals surface area contributed by atoms with E-state index in [4.69, 9.17) is 0 Å². The molecule has 1 N–H and O–H groups in total. The molecule has 1 fully saturated rings. The summed E-state index contributed by atoms with van der Waals surface area (Å²) in [6.45, 7) is 2.21. The molecule has 0 radical (unpaired) electrons. The van der Waals surface area contributed by atoms with E-state index < -0.39 is 0 Å². The second-order valence-corrected chi connectivity index (χ2v) is 6.74. The van der Waals surface area contributed by atoms with Crippen LogP contribution < -0.4 is 10.3 Å². The third-order valence-electron chi connectivity index (χ3n) is 3.85. The zero-order chi connectivity index (χ0) is 16.1. The van der Waals surface area contributed by atoms with Crippen molar-refractivity contribution in [1.29, 1.82) is 0 Å². The number of anilines is 1. The van der Waals surface area contributed by atoms with Crippen molar-refractivity contribution in [2.75, 3.05) is 18.0 Å². The monoisotopic (exact) mass is 419 g/mol. The fourth-order valence-electron chi connectivity index (χ4n) is 2.58. The molecule has 4 nitrogen and oxygen atoms in total. The van der Waals surface area contributed by atoms with Crippen LogP contribution in [0.3, 0.4) is 0 Å². The molecule has 5 heteroatoms. The summed E-state index contributed by atoms with van der Waals surface area (Å²) in [5, 5.41) is 4.01. The van der Waals surface area contributed by atoms with Crippen molar-refractivity contribution >= 4 is 40.4 Å². The maximum Gasteiger partial charge on any atom is 0.271 e. The van der Waals surface area contributed by atoms with E-state index in [-0.39, 0.29) is 5.91 Å². The first-order chi connectivity index (χ1) is 11.2. The van der Waals surface area contributed by atoms with Crippen LogP contribution in [-0.2, 0) is 0 Å². The fourth-order valence-corrected chi connectivity index (χ4v) is 2.94. The average Bonchev–Trinajstić information content (AvgIpc) is 3.11. The standard InChI is InChI=1S/C18H18IN3O/c19-16-7-3-14(4-8-16)13-20-21-18(23)15-5-9-17(10-6-15)22-11-1-2-12-22/h3-10,13H,1-2,11-12H2,(H,21,23)/b20-13-. The van der Waals surface area contributed by atoms with Crippen LogP contribution in [0.1, 0.15) is 28.8 Å². The third-order valence-corrected chi connectivity index (χ3v) is 4.57. The molecule has 1 aliphatic rings. The average molecular weight is 419 g/mol. The molecule has 118 valence electrons. The van der Waals surface area contributed by atoms with Crippen molar-refractivity contribution in [3.8, 4) is 0 Å². The highest BCUT2D eigenvalue weighted by Crippen LogP contribution is 2.20. The first kappa shape index (κ1) is 16.0. The molecule has 3 rings (SSSR count). The maximum atomic E-state index is 12.1. The van der Waals surface area contributed by atoms with Crippen molar-refractivity contribution in [2.45, 2.75) is 12.8 Å². The fraction of sp³-hybridized carbons (Fsp3) is 0.222. The summed E-state index contributed by atoms with van der Waals surface area (Å²) in [5.74, 6) is -0.195. The van der Waals surface area contributed by atoms with Gasteiger partial charge in [0.1, 0.15) is 0 Å². The molecule has 2 aromatic rings. The SMILES string of the molecule is O=C(N/N=C\c1ccc(I)cc1)c1ccc(N2CCCC2)cc1. The quantitative estimate of drug-likeness (QED) is 0.467. The smallest absolute Gasteiger partial charge is 0.271 e. The summed E-state index contributed by atoms with van der Waals surface area (Å²) in [4.78, 5) is 14.4. The Morgan fingerprint density at radius 3 is 2.35 bits per heavy atom. The van der Waals surface area contributed by atoms with Gasteiger partial charge in [-0.25, -0.2) is 5.43 Å². The largest absolute Gasteiger partial charge is 0.372 e. The number of nitrogens with zero attached hydrogens (tertiary/aromatic N) is 2. The van der Waals surface area contributed by atoms with Crippen LogP contribution >= 0.6 is 22.6 Å². The van der Waals surface area contributed by atoms with Gasteiger partial charge in [-0.2, -0.15) is 5.10 Å². The normalized spacial score (nSPS) is 14.4. The number of rotatable bonds is 4. The molecule has 0 aromatic heterocycles. The third kappa shape index (κ3) is 4.31. The van der Waals surface area contributed by atoms with Crippen molar-refractivity contribution < 1.29 is 4.79 Å². The number of hydrogen-bond acceptors (Lipinski definition) is 3. The molecule has 0 bridgehead atoms. The van der Waals surface area contributed by atoms with Gasteiger partial charge in [-0.1, -0.05) is 12.1 Å². The molecule has 0 aliphatic carbocycles. The lowest BCUT2D eigenvalue weighted by molar-refractivity contribution is 0.0955. The van der Waals surface area contributed by atoms with Crippen LogP contribution in [-0.4, -0.2) is 25.2 Å². The highest BCUT2D eigenvalue weighted by atomic mass is 127. The minimum atomic E-state index is -0.195. The van der Waals surface area contributed by atoms with Crippen LogP contribution in [0, 0.1) is 3.57 Å². The van der Waals surface area contributed by atoms with Crippen LogP contribution in [0.2, 0.25) is 0 Å². The summed E-state index contributed by atoms with van der Waals surface area (Å²) in [6, 6.07) is 15.6. The van der Waals surface area contributed by atoms with Crippen molar-refractivity contribution in [2.24, 2.45) is 5.10 Å². The molecule has 0 atom stereocenters. The van der Waals surface area contributed by atoms with Gasteiger partial charge < -0.3 is 4.90 Å². The summed E-state index contributed by atoms with van der Waals surface area (Å²) < 4.78 is 1.17. The van der Waals surface area contributed by atoms with E-state index in [9.17, 15) is 4.79 Å². The summed E-state index contributed by atoms with van der Waals surface area (Å²) in [6.07, 6.45) is 4.14. The van der Waals surface area contributed by atoms with Crippen LogP contribution in [0.15, 0.2) is 53.6 Å². The number of hydrazone groups is 1. The number of halogens is 1. The molecular formula is C18H18IN3O. The Kier molecular flexibility index (Phi) is 5.27. The van der Waals surface area contributed by atoms with E-state index in [0.29, 0.717) is 5.56 Å². The van der Waals surface area contributed by atoms with Gasteiger partial charge in [-0.3, -0.25) is 4.79 Å². The minimum absolute atomic E-state index is 0.195. The molecule has 1 aliphatic heterocycles. The molecule has 1 amide bonds. The Balaban J connectivity index is 1.58. The van der Waals surface area contributed by atoms with Gasteiger partial charge in [-0.05, 0) is 77.4 Å². The maximum absolute atomic E-state index is 12.1. The number of carbonyl (C=O) groups excluding carboxylic acids is 1. The predicted molar refractivity (Wildman–Crippen MR) is 102 cm³/mol. The number of amides is 1. The van der Waals surface area contributed by atoms with E-state index in [1.165, 1.54) is 22.1 Å². The summed E-state index contributed by atoms with van der Waals surface area (Å²) in [7, 11) is 0. The number of carbonyl (C=O) groups is 1. The van der Waals surface area contributed by atoms with Gasteiger partial charge in [-0.15, -0.1) is 0 Å². The zero-order valence-electron chi connectivity index (χ0n) is 12.7. The van der Waals surface area contributed by atoms with Gasteiger partial charge in [0.15, 0.2) is 0 Å². The lowest BCUT2D eigenvalue weighted by Crippen LogP contribution is -2.19. The topological polar surface area (TPSA) is 44.7 Å². The van der Waals surface area contributed by atoms with Crippen LogP contribution in [0.5, 0.6) is 0 Å². The number of nitrogens with one attached hydrogen (secondary N) is 1. The minimum Gasteiger partial charge on any atom is -0.372 e. The number of benzene rings is 2. The predicted octanol–water partition coefficient (Wildman–Crippen LogP) is 3.66. The second kappa shape index (κ2) is 7.59. The van der Waals surface area contributed by atoms with E-state index >= 15 is 0 Å². The van der Waals surface area contributed by atoms with Gasteiger partial charge in [0.05, 0.1) is 6.21 Å². The molecule has 1 heterocycles. The molecule has 0 saturated carbocycles. The first-order valence-electron chi connectivity index (χ1n) is 7.66. The Morgan fingerprint density at radius 1 is 1.04 bits per heavy atom. The zero-order valence-corrected chi connectivity index (χ0v) is 14.9. The Labute approximate surface area is 149 Å². The summed E-state index contributed by atoms with van der Waals surface area (Å²) in [5.41, 5.74) is 5.32. The molecule has 23 heavy (non-hydrogen) atoms. The Morgan fingerprint density at radius 2 is 1.70 bits per heavy atom. The molecule has 0 unspecified atom stereocenters. The van der Waals surface area contributed by atoms with E-state index in [2.05, 4.69) is 38.0 Å². The Hall–Kier alpha value is -1.89. The van der Waals surface area contributed by atoms with Crippen LogP contribution in [0.4, 0.5) is 5.69 Å². The highest BCUT2D eigenvalue weighted by molar-refractivity contribution is 14.1. The first-order valence-corrected chi connectivity index (χ1v) is 8.74. The number of hydrogen-bond donors (Lipinski definition) is 1. The Bertz CT molecular complexity index is 689.